The van der Waals surface area contributed by atoms with Crippen LogP contribution in [0.4, 0.5) is 0 Å². The second-order valence-electron chi connectivity index (χ2n) is 28.8. The van der Waals surface area contributed by atoms with Gasteiger partial charge >= 0.3 is 59.7 Å². The van der Waals surface area contributed by atoms with Gasteiger partial charge in [-0.15, -0.1) is 0 Å². The van der Waals surface area contributed by atoms with Crippen molar-refractivity contribution in [2.45, 2.75) is 292 Å². The van der Waals surface area contributed by atoms with Crippen molar-refractivity contribution < 1.29 is 129 Å². The second kappa shape index (κ2) is 27.9. The first kappa shape index (κ1) is 73.2. The summed E-state index contributed by atoms with van der Waals surface area (Å²) in [5.41, 5.74) is -4.14. The van der Waals surface area contributed by atoms with Crippen molar-refractivity contribution in [2.24, 2.45) is 50.7 Å². The Kier molecular flexibility index (Phi) is 21.9. The molecule has 0 aromatic heterocycles. The van der Waals surface area contributed by atoms with Crippen LogP contribution in [-0.2, 0) is 124 Å². The highest BCUT2D eigenvalue weighted by Gasteiger charge is 2.87. The molecule has 1 N–H and O–H groups in total. The van der Waals surface area contributed by atoms with Crippen LogP contribution in [0.15, 0.2) is 0 Å². The maximum Gasteiger partial charge on any atom is 0.303 e. The van der Waals surface area contributed by atoms with Crippen LogP contribution in [0.1, 0.15) is 182 Å². The molecule has 0 radical (unpaired) electrons. The third kappa shape index (κ3) is 14.7. The first-order valence-corrected chi connectivity index (χ1v) is 32.5. The fourth-order valence-corrected chi connectivity index (χ4v) is 18.4. The normalized spacial score (nSPS) is 40.4. The number of ether oxygens (including phenoxy) is 16. The lowest BCUT2D eigenvalue weighted by Gasteiger charge is -2.65. The second-order valence-corrected chi connectivity index (χ2v) is 28.8. The standard InChI is InChI=1S/C66H98O27/c1-30(19-20-47(62(15,16)77)91-58-55(52(87-38(9)73)45(27-78-58)83-34(5)69)93-59-54(89-40(11)75)51(86-37(8)72)44(28-79-59)82-33(4)68)42-21-22-64(18)57-43(81-32(3)67)25-46-61(13,14)48(26-49(84-35(6)70)66(46)29-65(57,66)24-23-63(42,64)17)92-60-56(90-41(12)76)53(88-39(10)74)50(31(2)80-60)85-36(7)71/h30-31,42-60,77H,19-29H2,1-18H3/t30-,31+,42?,43+,44-,45-,46?,47+,48+,49+,50+,51+,52+,53-,54-,55-,56-,57+,58+,59+,60+,63-,64+,65+,66-/m1/s1. The summed E-state index contributed by atoms with van der Waals surface area (Å²) in [5, 5.41) is 12.0. The number of hydrogen-bond donors (Lipinski definition) is 1. The molecule has 2 spiro atoms. The first-order chi connectivity index (χ1) is 43.2. The minimum absolute atomic E-state index is 0.00781. The molecule has 27 nitrogen and oxygen atoms in total. The fourth-order valence-electron chi connectivity index (χ4n) is 18.4. The zero-order chi connectivity index (χ0) is 69.0. The molecule has 524 valence electrons. The van der Waals surface area contributed by atoms with Crippen molar-refractivity contribution in [3.63, 3.8) is 0 Å². The Bertz CT molecular complexity index is 2830. The van der Waals surface area contributed by atoms with E-state index in [2.05, 4.69) is 34.6 Å². The highest BCUT2D eigenvalue weighted by atomic mass is 16.8. The first-order valence-electron chi connectivity index (χ1n) is 32.5. The molecule has 27 heteroatoms. The van der Waals surface area contributed by atoms with Gasteiger partial charge in [0, 0.05) is 87.0 Å². The SMILES string of the molecule is CC(=O)O[C@@H]1[C@@H](OC(C)=O)[C@H](C)O[C@@H](O[C@H]2C[C@H](OC(C)=O)[C@]34C[C@]35CC[C@]3(C)C([C@H](C)CC[C@H](O[C@@H]6OC[C@@H](OC(C)=O)[C@H](OC(C)=O)[C@H]6O[C@@H]6OC[C@@H](OC(C)=O)[C@H](OC(C)=O)[C@H]6OC(C)=O)C(C)(C)O)CC[C@@]3(C)[C@@H]5[C@@H](OC(C)=O)CC4C2(C)C)[C@@H]1OC(C)=O. The maximum absolute atomic E-state index is 13.5. The quantitative estimate of drug-likeness (QED) is 0.0810. The summed E-state index contributed by atoms with van der Waals surface area (Å²) < 4.78 is 97.2. The van der Waals surface area contributed by atoms with Gasteiger partial charge in [0.15, 0.2) is 73.8 Å². The van der Waals surface area contributed by atoms with Crippen molar-refractivity contribution >= 4 is 59.7 Å². The molecule has 3 saturated heterocycles. The van der Waals surface area contributed by atoms with Crippen molar-refractivity contribution in [2.75, 3.05) is 13.2 Å². The van der Waals surface area contributed by atoms with Crippen molar-refractivity contribution in [3.05, 3.63) is 0 Å². The molecule has 93 heavy (non-hydrogen) atoms. The van der Waals surface area contributed by atoms with E-state index < -0.39 is 198 Å². The Morgan fingerprint density at radius 2 is 0.957 bits per heavy atom. The minimum Gasteiger partial charge on any atom is -0.462 e. The number of esters is 10. The smallest absolute Gasteiger partial charge is 0.303 e. The topological polar surface area (TPSA) is 339 Å². The van der Waals surface area contributed by atoms with Gasteiger partial charge in [-0.1, -0.05) is 34.6 Å². The predicted molar refractivity (Wildman–Crippen MR) is 316 cm³/mol. The summed E-state index contributed by atoms with van der Waals surface area (Å²) in [6.07, 6.45) is -15.7. The number of carbonyl (C=O) groups excluding carboxylic acids is 10. The summed E-state index contributed by atoms with van der Waals surface area (Å²) in [7, 11) is 0. The van der Waals surface area contributed by atoms with Crippen LogP contribution in [-0.4, -0.2) is 188 Å². The van der Waals surface area contributed by atoms with Gasteiger partial charge in [0.05, 0.1) is 37.1 Å². The number of aliphatic hydroxyl groups is 1. The molecule has 5 aliphatic carbocycles. The van der Waals surface area contributed by atoms with Gasteiger partial charge in [0.2, 0.25) is 0 Å². The molecule has 8 fully saturated rings. The highest BCUT2D eigenvalue weighted by Crippen LogP contribution is 2.89. The van der Waals surface area contributed by atoms with E-state index in [1.54, 1.807) is 20.8 Å². The van der Waals surface area contributed by atoms with E-state index >= 15 is 0 Å². The Balaban J connectivity index is 1.07. The van der Waals surface area contributed by atoms with E-state index in [9.17, 15) is 53.1 Å². The Hall–Kier alpha value is -5.58. The van der Waals surface area contributed by atoms with Crippen molar-refractivity contribution in [1.82, 2.24) is 0 Å². The van der Waals surface area contributed by atoms with Crippen LogP contribution < -0.4 is 0 Å². The Morgan fingerprint density at radius 3 is 1.47 bits per heavy atom. The number of hydrogen-bond acceptors (Lipinski definition) is 27. The summed E-state index contributed by atoms with van der Waals surface area (Å²) in [4.78, 5) is 128. The van der Waals surface area contributed by atoms with Crippen LogP contribution >= 0.6 is 0 Å². The number of rotatable bonds is 21. The van der Waals surface area contributed by atoms with E-state index in [1.165, 1.54) is 34.6 Å². The Labute approximate surface area is 543 Å². The van der Waals surface area contributed by atoms with Crippen LogP contribution in [0.5, 0.6) is 0 Å². The van der Waals surface area contributed by atoms with Gasteiger partial charge in [-0.05, 0) is 112 Å². The lowest BCUT2D eigenvalue weighted by atomic mass is 9.40. The fraction of sp³-hybridized carbons (Fsp3) is 0.848. The van der Waals surface area contributed by atoms with E-state index in [4.69, 9.17) is 75.8 Å². The van der Waals surface area contributed by atoms with E-state index in [1.807, 2.05) is 0 Å². The summed E-state index contributed by atoms with van der Waals surface area (Å²) in [6, 6.07) is 0. The maximum atomic E-state index is 13.5. The van der Waals surface area contributed by atoms with Crippen molar-refractivity contribution in [3.8, 4) is 0 Å². The lowest BCUT2D eigenvalue weighted by Crippen LogP contribution is -2.67. The van der Waals surface area contributed by atoms with Gasteiger partial charge in [0.25, 0.3) is 0 Å². The van der Waals surface area contributed by atoms with E-state index in [0.717, 1.165) is 60.3 Å². The molecule has 3 aliphatic heterocycles. The molecule has 0 aromatic carbocycles. The average molecular weight is 1320 g/mol. The molecule has 2 unspecified atom stereocenters. The summed E-state index contributed by atoms with van der Waals surface area (Å²) >= 11 is 0. The third-order valence-corrected chi connectivity index (χ3v) is 21.9. The molecular formula is C66H98O27. The van der Waals surface area contributed by atoms with Gasteiger partial charge in [-0.3, -0.25) is 47.9 Å². The molecule has 0 bridgehead atoms. The number of fused-ring (bicyclic) bond motifs is 2. The molecule has 0 aromatic rings. The van der Waals surface area contributed by atoms with Gasteiger partial charge in [-0.25, -0.2) is 0 Å². The van der Waals surface area contributed by atoms with E-state index in [0.29, 0.717) is 19.3 Å². The van der Waals surface area contributed by atoms with Crippen LogP contribution in [0.2, 0.25) is 0 Å². The van der Waals surface area contributed by atoms with Crippen LogP contribution in [0, 0.1) is 50.7 Å². The molecule has 3 heterocycles. The molecule has 25 atom stereocenters. The monoisotopic (exact) mass is 1320 g/mol. The average Bonchev–Trinajstić information content (AvgIpc) is 1.45. The Morgan fingerprint density at radius 1 is 0.495 bits per heavy atom. The molecule has 0 amide bonds. The zero-order valence-electron chi connectivity index (χ0n) is 57.0. The van der Waals surface area contributed by atoms with Gasteiger partial charge < -0.3 is 80.9 Å². The molecule has 8 rings (SSSR count). The van der Waals surface area contributed by atoms with Crippen molar-refractivity contribution in [1.29, 1.82) is 0 Å². The third-order valence-electron chi connectivity index (χ3n) is 21.9. The largest absolute Gasteiger partial charge is 0.462 e. The van der Waals surface area contributed by atoms with Crippen LogP contribution in [0.3, 0.4) is 0 Å². The number of carbonyl (C=O) groups is 10. The minimum atomic E-state index is -1.64. The van der Waals surface area contributed by atoms with Gasteiger partial charge in [-0.2, -0.15) is 0 Å². The highest BCUT2D eigenvalue weighted by molar-refractivity contribution is 5.70. The molecular weight excluding hydrogens is 1220 g/mol. The molecule has 8 aliphatic rings. The summed E-state index contributed by atoms with van der Waals surface area (Å²) in [6.45, 7) is 27.0. The zero-order valence-corrected chi connectivity index (χ0v) is 57.0. The van der Waals surface area contributed by atoms with E-state index in [-0.39, 0.29) is 48.5 Å². The summed E-state index contributed by atoms with van der Waals surface area (Å²) in [5.74, 6) is -7.37. The van der Waals surface area contributed by atoms with Crippen LogP contribution in [0.25, 0.3) is 0 Å². The molecule has 5 saturated carbocycles. The van der Waals surface area contributed by atoms with Gasteiger partial charge in [0.1, 0.15) is 12.2 Å². The predicted octanol–water partition coefficient (Wildman–Crippen LogP) is 5.76. The lowest BCUT2D eigenvalue weighted by molar-refractivity contribution is -0.355.